The van der Waals surface area contributed by atoms with Crippen molar-refractivity contribution >= 4 is 44.4 Å². The Hall–Kier alpha value is -0.620. The standard InChI is InChI=1S/C9H10ClN3S2/c1-13(8-3-2-7(10)15-8)9-12-5-6(4-11)14-9/h2-3,5H,4,11H2,1H3. The molecule has 0 atom stereocenters. The minimum absolute atomic E-state index is 0.538. The first kappa shape index (κ1) is 10.9. The summed E-state index contributed by atoms with van der Waals surface area (Å²) in [6.07, 6.45) is 1.81. The maximum Gasteiger partial charge on any atom is 0.190 e. The first-order chi connectivity index (χ1) is 7.20. The first-order valence-electron chi connectivity index (χ1n) is 4.34. The van der Waals surface area contributed by atoms with Gasteiger partial charge in [-0.05, 0) is 12.1 Å². The second-order valence-electron chi connectivity index (χ2n) is 2.95. The van der Waals surface area contributed by atoms with Crippen molar-refractivity contribution in [3.8, 4) is 0 Å². The highest BCUT2D eigenvalue weighted by atomic mass is 35.5. The highest BCUT2D eigenvalue weighted by molar-refractivity contribution is 7.20. The molecule has 2 heterocycles. The van der Waals surface area contributed by atoms with E-state index in [2.05, 4.69) is 4.98 Å². The molecule has 80 valence electrons. The lowest BCUT2D eigenvalue weighted by molar-refractivity contribution is 1.09. The van der Waals surface area contributed by atoms with E-state index < -0.39 is 0 Å². The highest BCUT2D eigenvalue weighted by Gasteiger charge is 2.10. The van der Waals surface area contributed by atoms with Gasteiger partial charge in [0.15, 0.2) is 5.13 Å². The van der Waals surface area contributed by atoms with Gasteiger partial charge in [0.25, 0.3) is 0 Å². The van der Waals surface area contributed by atoms with Crippen molar-refractivity contribution in [3.05, 3.63) is 27.5 Å². The van der Waals surface area contributed by atoms with Crippen LogP contribution in [0.5, 0.6) is 0 Å². The van der Waals surface area contributed by atoms with Crippen molar-refractivity contribution in [2.24, 2.45) is 5.73 Å². The molecule has 0 saturated carbocycles. The molecule has 0 fully saturated rings. The van der Waals surface area contributed by atoms with Gasteiger partial charge in [0.1, 0.15) is 0 Å². The fraction of sp³-hybridized carbons (Fsp3) is 0.222. The molecule has 0 aliphatic heterocycles. The van der Waals surface area contributed by atoms with Gasteiger partial charge in [-0.25, -0.2) is 4.98 Å². The summed E-state index contributed by atoms with van der Waals surface area (Å²) in [5.74, 6) is 0. The van der Waals surface area contributed by atoms with Gasteiger partial charge in [0.05, 0.1) is 9.34 Å². The highest BCUT2D eigenvalue weighted by Crippen LogP contribution is 2.34. The van der Waals surface area contributed by atoms with E-state index in [1.54, 1.807) is 11.3 Å². The molecule has 2 rings (SSSR count). The number of halogens is 1. The molecule has 0 bridgehead atoms. The third-order valence-electron chi connectivity index (χ3n) is 1.92. The fourth-order valence-electron chi connectivity index (χ4n) is 1.13. The maximum atomic E-state index is 5.88. The molecule has 0 saturated heterocycles. The molecule has 0 radical (unpaired) electrons. The topological polar surface area (TPSA) is 42.2 Å². The fourth-order valence-corrected chi connectivity index (χ4v) is 2.94. The predicted octanol–water partition coefficient (Wildman–Crippen LogP) is 3.08. The molecule has 0 aliphatic rings. The van der Waals surface area contributed by atoms with Gasteiger partial charge in [0.2, 0.25) is 0 Å². The monoisotopic (exact) mass is 259 g/mol. The van der Waals surface area contributed by atoms with Crippen LogP contribution in [0.25, 0.3) is 0 Å². The van der Waals surface area contributed by atoms with Gasteiger partial charge in [0, 0.05) is 24.7 Å². The van der Waals surface area contributed by atoms with Crippen LogP contribution in [0.2, 0.25) is 4.34 Å². The van der Waals surface area contributed by atoms with Crippen molar-refractivity contribution in [1.82, 2.24) is 4.98 Å². The van der Waals surface area contributed by atoms with Crippen molar-refractivity contribution < 1.29 is 0 Å². The maximum absolute atomic E-state index is 5.88. The lowest BCUT2D eigenvalue weighted by Crippen LogP contribution is -2.06. The minimum atomic E-state index is 0.538. The molecule has 6 heteroatoms. The quantitative estimate of drug-likeness (QED) is 0.921. The van der Waals surface area contributed by atoms with Crippen LogP contribution in [-0.4, -0.2) is 12.0 Å². The normalized spacial score (nSPS) is 10.6. The summed E-state index contributed by atoms with van der Waals surface area (Å²) in [6, 6.07) is 3.87. The van der Waals surface area contributed by atoms with Crippen LogP contribution in [0.3, 0.4) is 0 Å². The lowest BCUT2D eigenvalue weighted by atomic mass is 10.6. The lowest BCUT2D eigenvalue weighted by Gasteiger charge is -2.12. The van der Waals surface area contributed by atoms with Crippen molar-refractivity contribution in [3.63, 3.8) is 0 Å². The summed E-state index contributed by atoms with van der Waals surface area (Å²) in [7, 11) is 1.97. The van der Waals surface area contributed by atoms with Crippen molar-refractivity contribution in [2.75, 3.05) is 11.9 Å². The largest absolute Gasteiger partial charge is 0.326 e. The van der Waals surface area contributed by atoms with Crippen LogP contribution in [0.15, 0.2) is 18.3 Å². The Labute approximate surface area is 101 Å². The number of nitrogens with zero attached hydrogens (tertiary/aromatic N) is 2. The Morgan fingerprint density at radius 3 is 2.80 bits per heavy atom. The molecule has 15 heavy (non-hydrogen) atoms. The Balaban J connectivity index is 2.23. The average molecular weight is 260 g/mol. The SMILES string of the molecule is CN(c1ccc(Cl)s1)c1ncc(CN)s1. The summed E-state index contributed by atoms with van der Waals surface area (Å²) in [5.41, 5.74) is 5.54. The van der Waals surface area contributed by atoms with E-state index in [-0.39, 0.29) is 0 Å². The van der Waals surface area contributed by atoms with Crippen LogP contribution in [0.1, 0.15) is 4.88 Å². The second-order valence-corrected chi connectivity index (χ2v) is 5.74. The number of hydrogen-bond acceptors (Lipinski definition) is 5. The minimum Gasteiger partial charge on any atom is -0.326 e. The molecule has 2 aromatic heterocycles. The molecule has 0 aromatic carbocycles. The Kier molecular flexibility index (Phi) is 3.25. The Morgan fingerprint density at radius 1 is 1.47 bits per heavy atom. The van der Waals surface area contributed by atoms with Crippen LogP contribution < -0.4 is 10.6 Å². The zero-order chi connectivity index (χ0) is 10.8. The number of thiophene rings is 1. The number of rotatable bonds is 3. The summed E-state index contributed by atoms with van der Waals surface area (Å²) >= 11 is 9.01. The summed E-state index contributed by atoms with van der Waals surface area (Å²) in [6.45, 7) is 0.538. The van der Waals surface area contributed by atoms with Gasteiger partial charge < -0.3 is 10.6 Å². The number of thiazole rings is 1. The van der Waals surface area contributed by atoms with E-state index >= 15 is 0 Å². The molecule has 0 unspecified atom stereocenters. The van der Waals surface area contributed by atoms with E-state index in [9.17, 15) is 0 Å². The number of hydrogen-bond donors (Lipinski definition) is 1. The molecular weight excluding hydrogens is 250 g/mol. The molecule has 2 N–H and O–H groups in total. The predicted molar refractivity (Wildman–Crippen MR) is 67.4 cm³/mol. The average Bonchev–Trinajstić information content (AvgIpc) is 2.84. The number of aromatic nitrogens is 1. The zero-order valence-electron chi connectivity index (χ0n) is 8.11. The first-order valence-corrected chi connectivity index (χ1v) is 6.35. The van der Waals surface area contributed by atoms with E-state index in [0.717, 1.165) is 19.3 Å². The second kappa shape index (κ2) is 4.49. The Bertz CT molecular complexity index is 452. The summed E-state index contributed by atoms with van der Waals surface area (Å²) in [4.78, 5) is 7.40. The van der Waals surface area contributed by atoms with E-state index in [1.807, 2.05) is 30.3 Å². The van der Waals surface area contributed by atoms with Gasteiger partial charge in [-0.2, -0.15) is 0 Å². The summed E-state index contributed by atoms with van der Waals surface area (Å²) in [5, 5.41) is 2.02. The number of nitrogens with two attached hydrogens (primary N) is 1. The van der Waals surface area contributed by atoms with Gasteiger partial charge >= 0.3 is 0 Å². The third-order valence-corrected chi connectivity index (χ3v) is 4.32. The summed E-state index contributed by atoms with van der Waals surface area (Å²) < 4.78 is 0.785. The van der Waals surface area contributed by atoms with E-state index in [1.165, 1.54) is 11.3 Å². The van der Waals surface area contributed by atoms with E-state index in [4.69, 9.17) is 17.3 Å². The molecule has 0 aliphatic carbocycles. The molecule has 0 spiro atoms. The zero-order valence-corrected chi connectivity index (χ0v) is 10.5. The van der Waals surface area contributed by atoms with Gasteiger partial charge in [-0.1, -0.05) is 11.6 Å². The Morgan fingerprint density at radius 2 is 2.27 bits per heavy atom. The molecule has 3 nitrogen and oxygen atoms in total. The van der Waals surface area contributed by atoms with Crippen LogP contribution in [-0.2, 0) is 6.54 Å². The molecule has 2 aromatic rings. The van der Waals surface area contributed by atoms with Crippen LogP contribution in [0.4, 0.5) is 10.1 Å². The van der Waals surface area contributed by atoms with Gasteiger partial charge in [-0.3, -0.25) is 0 Å². The molecular formula is C9H10ClN3S2. The van der Waals surface area contributed by atoms with Crippen LogP contribution in [0, 0.1) is 0 Å². The van der Waals surface area contributed by atoms with Gasteiger partial charge in [-0.15, -0.1) is 22.7 Å². The van der Waals surface area contributed by atoms with Crippen molar-refractivity contribution in [2.45, 2.75) is 6.54 Å². The smallest absolute Gasteiger partial charge is 0.190 e. The third kappa shape index (κ3) is 2.31. The van der Waals surface area contributed by atoms with E-state index in [0.29, 0.717) is 6.54 Å². The molecule has 0 amide bonds. The van der Waals surface area contributed by atoms with Crippen LogP contribution >= 0.6 is 34.3 Å². The number of anilines is 2. The van der Waals surface area contributed by atoms with Crippen molar-refractivity contribution in [1.29, 1.82) is 0 Å².